The molecule has 1 aliphatic heterocycles. The van der Waals surface area contributed by atoms with E-state index in [9.17, 15) is 12.8 Å². The molecule has 0 aliphatic carbocycles. The van der Waals surface area contributed by atoms with Crippen molar-refractivity contribution in [1.29, 1.82) is 0 Å². The molecule has 2 aromatic carbocycles. The number of sulfonamides is 1. The van der Waals surface area contributed by atoms with Gasteiger partial charge in [0.25, 0.3) is 10.0 Å². The van der Waals surface area contributed by atoms with Crippen LogP contribution in [0.1, 0.15) is 16.5 Å². The van der Waals surface area contributed by atoms with E-state index in [2.05, 4.69) is 0 Å². The van der Waals surface area contributed by atoms with Gasteiger partial charge in [-0.05, 0) is 34.7 Å². The second-order valence-electron chi connectivity index (χ2n) is 4.97. The summed E-state index contributed by atoms with van der Waals surface area (Å²) in [6, 6.07) is 12.5. The zero-order chi connectivity index (χ0) is 16.4. The van der Waals surface area contributed by atoms with Crippen LogP contribution in [0.3, 0.4) is 0 Å². The highest BCUT2D eigenvalue weighted by Gasteiger charge is 2.34. The van der Waals surface area contributed by atoms with Crippen molar-refractivity contribution in [2.45, 2.75) is 16.8 Å². The van der Waals surface area contributed by atoms with Crippen LogP contribution in [0.15, 0.2) is 65.0 Å². The molecule has 0 saturated carbocycles. The Balaban J connectivity index is 2.01. The Labute approximate surface area is 138 Å². The van der Waals surface area contributed by atoms with Crippen LogP contribution in [-0.4, -0.2) is 12.7 Å². The molecule has 2 N–H and O–H groups in total. The Bertz CT molecular complexity index is 835. The highest BCUT2D eigenvalue weighted by Crippen LogP contribution is 2.42. The molecule has 2 aromatic rings. The van der Waals surface area contributed by atoms with Crippen LogP contribution in [-0.2, 0) is 16.6 Å². The second-order valence-corrected chi connectivity index (χ2v) is 7.77. The molecule has 0 bridgehead atoms. The maximum absolute atomic E-state index is 13.1. The summed E-state index contributed by atoms with van der Waals surface area (Å²) in [6.07, 6.45) is 1.53. The van der Waals surface area contributed by atoms with Crippen molar-refractivity contribution in [1.82, 2.24) is 4.31 Å². The first kappa shape index (κ1) is 16.0. The first-order chi connectivity index (χ1) is 11.0. The Morgan fingerprint density at radius 3 is 2.52 bits per heavy atom. The molecule has 0 aromatic heterocycles. The first-order valence-electron chi connectivity index (χ1n) is 6.93. The number of benzene rings is 2. The predicted molar refractivity (Wildman–Crippen MR) is 89.2 cm³/mol. The third-order valence-electron chi connectivity index (χ3n) is 3.55. The van der Waals surface area contributed by atoms with Crippen molar-refractivity contribution in [2.75, 3.05) is 0 Å². The summed E-state index contributed by atoms with van der Waals surface area (Å²) in [5.74, 6) is -0.354. The minimum Gasteiger partial charge on any atom is -0.326 e. The van der Waals surface area contributed by atoms with Gasteiger partial charge in [0, 0.05) is 12.7 Å². The van der Waals surface area contributed by atoms with E-state index in [4.69, 9.17) is 5.73 Å². The van der Waals surface area contributed by atoms with Crippen molar-refractivity contribution < 1.29 is 12.8 Å². The molecule has 1 heterocycles. The Kier molecular flexibility index (Phi) is 4.43. The maximum atomic E-state index is 13.1. The van der Waals surface area contributed by atoms with E-state index in [0.29, 0.717) is 5.56 Å². The standard InChI is InChI=1S/C16H15FN2O2S2/c17-14-7-5-12(6-8-14)16-19(9-10-22-16)23(20,21)15-4-2-1-3-13(15)11-18/h1-10,16H,11,18H2. The molecule has 0 saturated heterocycles. The zero-order valence-electron chi connectivity index (χ0n) is 12.1. The lowest BCUT2D eigenvalue weighted by Crippen LogP contribution is -2.27. The van der Waals surface area contributed by atoms with E-state index in [0.717, 1.165) is 5.56 Å². The molecule has 4 nitrogen and oxygen atoms in total. The van der Waals surface area contributed by atoms with Gasteiger partial charge in [0.15, 0.2) is 0 Å². The van der Waals surface area contributed by atoms with Crippen LogP contribution in [0.2, 0.25) is 0 Å². The van der Waals surface area contributed by atoms with Crippen LogP contribution in [0, 0.1) is 5.82 Å². The van der Waals surface area contributed by atoms with E-state index in [1.165, 1.54) is 34.4 Å². The van der Waals surface area contributed by atoms with Crippen LogP contribution >= 0.6 is 11.8 Å². The lowest BCUT2D eigenvalue weighted by Gasteiger charge is -2.25. The van der Waals surface area contributed by atoms with Gasteiger partial charge in [-0.15, -0.1) is 11.8 Å². The third kappa shape index (κ3) is 2.99. The Hall–Kier alpha value is -1.83. The Morgan fingerprint density at radius 1 is 1.13 bits per heavy atom. The van der Waals surface area contributed by atoms with E-state index in [-0.39, 0.29) is 17.3 Å². The molecule has 0 spiro atoms. The van der Waals surface area contributed by atoms with Crippen LogP contribution in [0.25, 0.3) is 0 Å². The van der Waals surface area contributed by atoms with Gasteiger partial charge >= 0.3 is 0 Å². The largest absolute Gasteiger partial charge is 0.326 e. The predicted octanol–water partition coefficient (Wildman–Crippen LogP) is 3.19. The van der Waals surface area contributed by atoms with E-state index >= 15 is 0 Å². The second kappa shape index (κ2) is 6.35. The SMILES string of the molecule is NCc1ccccc1S(=O)(=O)N1C=CSC1c1ccc(F)cc1. The monoisotopic (exact) mass is 350 g/mol. The summed E-state index contributed by atoms with van der Waals surface area (Å²) in [7, 11) is -3.74. The molecule has 1 atom stereocenters. The molecule has 0 radical (unpaired) electrons. The van der Waals surface area contributed by atoms with Gasteiger partial charge in [0.1, 0.15) is 11.2 Å². The van der Waals surface area contributed by atoms with E-state index in [1.54, 1.807) is 41.8 Å². The topological polar surface area (TPSA) is 63.4 Å². The maximum Gasteiger partial charge on any atom is 0.265 e. The number of nitrogens with two attached hydrogens (primary N) is 1. The van der Waals surface area contributed by atoms with Crippen molar-refractivity contribution in [3.8, 4) is 0 Å². The van der Waals surface area contributed by atoms with Crippen molar-refractivity contribution in [3.05, 3.63) is 77.1 Å². The summed E-state index contributed by atoms with van der Waals surface area (Å²) < 4.78 is 40.4. The van der Waals surface area contributed by atoms with Crippen molar-refractivity contribution in [2.24, 2.45) is 5.73 Å². The van der Waals surface area contributed by atoms with Crippen LogP contribution in [0.4, 0.5) is 4.39 Å². The van der Waals surface area contributed by atoms with Gasteiger partial charge in [-0.1, -0.05) is 30.3 Å². The van der Waals surface area contributed by atoms with Gasteiger partial charge in [-0.2, -0.15) is 0 Å². The average molecular weight is 350 g/mol. The minimum absolute atomic E-state index is 0.140. The lowest BCUT2D eigenvalue weighted by atomic mass is 10.2. The Morgan fingerprint density at radius 2 is 1.83 bits per heavy atom. The molecular weight excluding hydrogens is 335 g/mol. The molecule has 3 rings (SSSR count). The van der Waals surface area contributed by atoms with Crippen LogP contribution < -0.4 is 5.73 Å². The number of thioether (sulfide) groups is 1. The van der Waals surface area contributed by atoms with Gasteiger partial charge < -0.3 is 5.73 Å². The molecule has 23 heavy (non-hydrogen) atoms. The highest BCUT2D eigenvalue weighted by atomic mass is 32.2. The van der Waals surface area contributed by atoms with Crippen molar-refractivity contribution in [3.63, 3.8) is 0 Å². The average Bonchev–Trinajstić information content (AvgIpc) is 3.06. The molecule has 1 aliphatic rings. The molecular formula is C16H15FN2O2S2. The summed E-state index contributed by atoms with van der Waals surface area (Å²) in [4.78, 5) is 0.196. The zero-order valence-corrected chi connectivity index (χ0v) is 13.7. The van der Waals surface area contributed by atoms with Gasteiger partial charge in [0.05, 0.1) is 4.90 Å². The molecule has 0 fully saturated rings. The highest BCUT2D eigenvalue weighted by molar-refractivity contribution is 8.03. The fraction of sp³-hybridized carbons (Fsp3) is 0.125. The summed E-state index contributed by atoms with van der Waals surface area (Å²) in [5, 5.41) is 1.27. The number of hydrogen-bond acceptors (Lipinski definition) is 4. The van der Waals surface area contributed by atoms with Gasteiger partial charge in [-0.3, -0.25) is 4.31 Å². The minimum atomic E-state index is -3.74. The van der Waals surface area contributed by atoms with Gasteiger partial charge in [0.2, 0.25) is 0 Å². The molecule has 7 heteroatoms. The normalized spacial score (nSPS) is 17.7. The summed E-state index contributed by atoms with van der Waals surface area (Å²) in [5.41, 5.74) is 6.94. The van der Waals surface area contributed by atoms with Crippen LogP contribution in [0.5, 0.6) is 0 Å². The number of rotatable bonds is 4. The number of halogens is 1. The van der Waals surface area contributed by atoms with E-state index < -0.39 is 15.4 Å². The molecule has 1 unspecified atom stereocenters. The smallest absolute Gasteiger partial charge is 0.265 e. The first-order valence-corrected chi connectivity index (χ1v) is 9.31. The molecule has 120 valence electrons. The quantitative estimate of drug-likeness (QED) is 0.920. The number of hydrogen-bond donors (Lipinski definition) is 1. The van der Waals surface area contributed by atoms with E-state index in [1.807, 2.05) is 0 Å². The van der Waals surface area contributed by atoms with Crippen molar-refractivity contribution >= 4 is 21.8 Å². The third-order valence-corrected chi connectivity index (χ3v) is 6.56. The lowest BCUT2D eigenvalue weighted by molar-refractivity contribution is 0.492. The summed E-state index contributed by atoms with van der Waals surface area (Å²) >= 11 is 1.36. The fourth-order valence-electron chi connectivity index (χ4n) is 2.40. The fourth-order valence-corrected chi connectivity index (χ4v) is 5.38. The summed E-state index contributed by atoms with van der Waals surface area (Å²) in [6.45, 7) is 0.140. The molecule has 0 amide bonds. The van der Waals surface area contributed by atoms with Gasteiger partial charge in [-0.25, -0.2) is 12.8 Å². The number of nitrogens with zero attached hydrogens (tertiary/aromatic N) is 1.